The molecule has 1 N–H and O–H groups in total. The molecule has 3 aliphatic carbocycles. The van der Waals surface area contributed by atoms with Gasteiger partial charge in [0.05, 0.1) is 12.1 Å². The molecule has 2 aliphatic heterocycles. The van der Waals surface area contributed by atoms with E-state index >= 15 is 0 Å². The van der Waals surface area contributed by atoms with Crippen molar-refractivity contribution >= 4 is 6.03 Å². The molecule has 4 heteroatoms. The maximum absolute atomic E-state index is 12.6. The van der Waals surface area contributed by atoms with Crippen molar-refractivity contribution in [3.63, 3.8) is 0 Å². The number of rotatable bonds is 2. The Kier molecular flexibility index (Phi) is 4.89. The summed E-state index contributed by atoms with van der Waals surface area (Å²) in [5, 5.41) is 3.28. The summed E-state index contributed by atoms with van der Waals surface area (Å²) in [7, 11) is 0. The first-order chi connectivity index (χ1) is 12.8. The molecule has 5 fully saturated rings. The molecule has 3 unspecified atom stereocenters. The number of likely N-dealkylation sites (tertiary alicyclic amines) is 1. The molecule has 0 radical (unpaired) electrons. The van der Waals surface area contributed by atoms with Gasteiger partial charge in [-0.3, -0.25) is 0 Å². The highest BCUT2D eigenvalue weighted by atomic mass is 16.2. The van der Waals surface area contributed by atoms with Crippen molar-refractivity contribution in [3.05, 3.63) is 0 Å². The van der Waals surface area contributed by atoms with Gasteiger partial charge >= 0.3 is 6.03 Å². The number of hydrogen-bond donors (Lipinski definition) is 1. The fraction of sp³-hybridized carbons (Fsp3) is 0.955. The van der Waals surface area contributed by atoms with Crippen LogP contribution < -0.4 is 5.32 Å². The molecule has 5 rings (SSSR count). The average Bonchev–Trinajstić information content (AvgIpc) is 3.03. The standard InChI is InChI=1S/C22H37N3O/c26-22-23-20-7-3-4-8-21(20)25(22)18-11-13-24(14-12-18)19-10-9-16-5-1-2-6-17(16)15-19/h16-21H,1-15H2,(H,23,26)/t16?,17?,19?,20-,21+/m0/s1. The lowest BCUT2D eigenvalue weighted by molar-refractivity contribution is 0.0384. The van der Waals surface area contributed by atoms with Gasteiger partial charge in [0.2, 0.25) is 0 Å². The van der Waals surface area contributed by atoms with Crippen LogP contribution in [-0.4, -0.2) is 53.1 Å². The van der Waals surface area contributed by atoms with E-state index in [-0.39, 0.29) is 6.03 Å². The van der Waals surface area contributed by atoms with Crippen LogP contribution in [-0.2, 0) is 0 Å². The van der Waals surface area contributed by atoms with Crippen LogP contribution in [0.15, 0.2) is 0 Å². The molecule has 2 saturated heterocycles. The van der Waals surface area contributed by atoms with E-state index in [2.05, 4.69) is 15.1 Å². The van der Waals surface area contributed by atoms with Crippen LogP contribution in [0.4, 0.5) is 4.79 Å². The molecule has 0 spiro atoms. The molecule has 0 bridgehead atoms. The van der Waals surface area contributed by atoms with E-state index < -0.39 is 0 Å². The van der Waals surface area contributed by atoms with E-state index in [0.717, 1.165) is 17.9 Å². The van der Waals surface area contributed by atoms with Crippen molar-refractivity contribution < 1.29 is 4.79 Å². The Hall–Kier alpha value is -0.770. The Labute approximate surface area is 159 Å². The lowest BCUT2D eigenvalue weighted by atomic mass is 9.69. The van der Waals surface area contributed by atoms with Crippen molar-refractivity contribution in [1.29, 1.82) is 0 Å². The summed E-state index contributed by atoms with van der Waals surface area (Å²) in [6.45, 7) is 2.43. The summed E-state index contributed by atoms with van der Waals surface area (Å²) in [6, 6.07) is 2.50. The molecule has 2 amide bonds. The second-order valence-electron chi connectivity index (χ2n) is 9.85. The Morgan fingerprint density at radius 2 is 1.46 bits per heavy atom. The Bertz CT molecular complexity index is 516. The number of piperidine rings is 1. The van der Waals surface area contributed by atoms with Crippen LogP contribution >= 0.6 is 0 Å². The predicted molar refractivity (Wildman–Crippen MR) is 104 cm³/mol. The lowest BCUT2D eigenvalue weighted by Crippen LogP contribution is -2.52. The molecule has 2 heterocycles. The SMILES string of the molecule is O=C1N[C@H]2CCCC[C@H]2N1C1CCN(C2CCC3CCCCC3C2)CC1. The minimum absolute atomic E-state index is 0.239. The van der Waals surface area contributed by atoms with Crippen LogP contribution in [0.3, 0.4) is 0 Å². The van der Waals surface area contributed by atoms with E-state index in [1.807, 2.05) is 0 Å². The van der Waals surface area contributed by atoms with E-state index in [9.17, 15) is 4.79 Å². The molecule has 3 saturated carbocycles. The van der Waals surface area contributed by atoms with Crippen LogP contribution in [0.2, 0.25) is 0 Å². The number of carbonyl (C=O) groups is 1. The van der Waals surface area contributed by atoms with Gasteiger partial charge in [0.25, 0.3) is 0 Å². The Morgan fingerprint density at radius 3 is 2.31 bits per heavy atom. The second kappa shape index (κ2) is 7.33. The van der Waals surface area contributed by atoms with E-state index in [1.165, 1.54) is 96.6 Å². The third-order valence-electron chi connectivity index (χ3n) is 8.55. The summed E-state index contributed by atoms with van der Waals surface area (Å²) >= 11 is 0. The first-order valence-corrected chi connectivity index (χ1v) is 11.6. The van der Waals surface area contributed by atoms with Gasteiger partial charge < -0.3 is 15.1 Å². The average molecular weight is 360 g/mol. The molecular formula is C22H37N3O. The summed E-state index contributed by atoms with van der Waals surface area (Å²) in [5.41, 5.74) is 0. The van der Waals surface area contributed by atoms with Crippen LogP contribution in [0.5, 0.6) is 0 Å². The number of nitrogens with one attached hydrogen (secondary N) is 1. The van der Waals surface area contributed by atoms with Crippen LogP contribution in [0, 0.1) is 11.8 Å². The molecule has 5 atom stereocenters. The molecule has 146 valence electrons. The highest BCUT2D eigenvalue weighted by molar-refractivity contribution is 5.78. The summed E-state index contributed by atoms with van der Waals surface area (Å²) in [6.07, 6.45) is 17.7. The zero-order chi connectivity index (χ0) is 17.5. The van der Waals surface area contributed by atoms with Gasteiger partial charge in [0.15, 0.2) is 0 Å². The first-order valence-electron chi connectivity index (χ1n) is 11.6. The normalized spacial score (nSPS) is 42.2. The summed E-state index contributed by atoms with van der Waals surface area (Å²) in [4.78, 5) is 17.7. The number of fused-ring (bicyclic) bond motifs is 2. The fourth-order valence-corrected chi connectivity index (χ4v) is 7.14. The summed E-state index contributed by atoms with van der Waals surface area (Å²) in [5.74, 6) is 2.07. The largest absolute Gasteiger partial charge is 0.333 e. The Balaban J connectivity index is 1.17. The molecule has 26 heavy (non-hydrogen) atoms. The quantitative estimate of drug-likeness (QED) is 0.804. The number of carbonyl (C=O) groups excluding carboxylic acids is 1. The molecule has 5 aliphatic rings. The second-order valence-corrected chi connectivity index (χ2v) is 9.85. The van der Waals surface area contributed by atoms with Crippen molar-refractivity contribution in [2.75, 3.05) is 13.1 Å². The maximum atomic E-state index is 12.6. The van der Waals surface area contributed by atoms with Gasteiger partial charge in [-0.25, -0.2) is 4.79 Å². The highest BCUT2D eigenvalue weighted by Crippen LogP contribution is 2.42. The molecule has 0 aromatic rings. The lowest BCUT2D eigenvalue weighted by Gasteiger charge is -2.47. The van der Waals surface area contributed by atoms with Gasteiger partial charge in [0.1, 0.15) is 0 Å². The maximum Gasteiger partial charge on any atom is 0.318 e. The smallest absolute Gasteiger partial charge is 0.318 e. The van der Waals surface area contributed by atoms with Gasteiger partial charge in [-0.1, -0.05) is 38.5 Å². The van der Waals surface area contributed by atoms with Gasteiger partial charge in [0, 0.05) is 25.2 Å². The minimum Gasteiger partial charge on any atom is -0.333 e. The van der Waals surface area contributed by atoms with Gasteiger partial charge in [-0.05, 0) is 56.8 Å². The fourth-order valence-electron chi connectivity index (χ4n) is 7.14. The van der Waals surface area contributed by atoms with E-state index in [0.29, 0.717) is 18.1 Å². The number of nitrogens with zero attached hydrogens (tertiary/aromatic N) is 2. The number of amides is 2. The topological polar surface area (TPSA) is 35.6 Å². The number of hydrogen-bond acceptors (Lipinski definition) is 2. The first kappa shape index (κ1) is 17.3. The third-order valence-corrected chi connectivity index (χ3v) is 8.55. The molecule has 0 aromatic carbocycles. The van der Waals surface area contributed by atoms with Crippen molar-refractivity contribution in [3.8, 4) is 0 Å². The predicted octanol–water partition coefficient (Wildman–Crippen LogP) is 4.15. The molecular weight excluding hydrogens is 322 g/mol. The van der Waals surface area contributed by atoms with Crippen LogP contribution in [0.1, 0.15) is 83.5 Å². The molecule has 4 nitrogen and oxygen atoms in total. The Morgan fingerprint density at radius 1 is 0.731 bits per heavy atom. The van der Waals surface area contributed by atoms with Crippen molar-refractivity contribution in [1.82, 2.24) is 15.1 Å². The van der Waals surface area contributed by atoms with Crippen molar-refractivity contribution in [2.24, 2.45) is 11.8 Å². The summed E-state index contributed by atoms with van der Waals surface area (Å²) < 4.78 is 0. The minimum atomic E-state index is 0.239. The van der Waals surface area contributed by atoms with Crippen LogP contribution in [0.25, 0.3) is 0 Å². The monoisotopic (exact) mass is 359 g/mol. The van der Waals surface area contributed by atoms with Gasteiger partial charge in [-0.2, -0.15) is 0 Å². The zero-order valence-corrected chi connectivity index (χ0v) is 16.4. The highest BCUT2D eigenvalue weighted by Gasteiger charge is 2.45. The molecule has 0 aromatic heterocycles. The zero-order valence-electron chi connectivity index (χ0n) is 16.4. The van der Waals surface area contributed by atoms with E-state index in [4.69, 9.17) is 0 Å². The third kappa shape index (κ3) is 3.16. The number of urea groups is 1. The van der Waals surface area contributed by atoms with Crippen molar-refractivity contribution in [2.45, 2.75) is 108 Å². The van der Waals surface area contributed by atoms with E-state index in [1.54, 1.807) is 0 Å². The van der Waals surface area contributed by atoms with Gasteiger partial charge in [-0.15, -0.1) is 0 Å².